The molecule has 1 aromatic rings. The number of carbonyl (C=O) groups is 4. The third kappa shape index (κ3) is 4.81. The Bertz CT molecular complexity index is 954. The van der Waals surface area contributed by atoms with Crippen LogP contribution >= 0.6 is 0 Å². The number of unbranched alkanes of at least 4 members (excludes halogenated alkanes) is 2. The van der Waals surface area contributed by atoms with Crippen LogP contribution in [0.5, 0.6) is 0 Å². The Kier molecular flexibility index (Phi) is 7.54. The van der Waals surface area contributed by atoms with E-state index in [2.05, 4.69) is 28.5 Å². The molecule has 1 atom stereocenters. The summed E-state index contributed by atoms with van der Waals surface area (Å²) in [6.45, 7) is 3.48. The van der Waals surface area contributed by atoms with Gasteiger partial charge in [0.05, 0.1) is 0 Å². The molecule has 34 heavy (non-hydrogen) atoms. The summed E-state index contributed by atoms with van der Waals surface area (Å²) in [6.07, 6.45) is 7.57. The number of imide groups is 1. The quantitative estimate of drug-likeness (QED) is 0.452. The van der Waals surface area contributed by atoms with Crippen LogP contribution in [-0.2, 0) is 20.9 Å². The van der Waals surface area contributed by atoms with Crippen LogP contribution in [0.3, 0.4) is 0 Å². The van der Waals surface area contributed by atoms with Crippen molar-refractivity contribution in [1.82, 2.24) is 15.5 Å². The molecule has 2 fully saturated rings. The van der Waals surface area contributed by atoms with Gasteiger partial charge in [0.15, 0.2) is 0 Å². The van der Waals surface area contributed by atoms with E-state index in [1.807, 2.05) is 12.1 Å². The Morgan fingerprint density at radius 3 is 2.56 bits per heavy atom. The fourth-order valence-corrected chi connectivity index (χ4v) is 5.72. The molecule has 3 aliphatic rings. The highest BCUT2D eigenvalue weighted by Crippen LogP contribution is 2.38. The van der Waals surface area contributed by atoms with E-state index in [4.69, 9.17) is 0 Å². The van der Waals surface area contributed by atoms with Crippen LogP contribution in [0, 0.1) is 5.92 Å². The molecule has 1 saturated carbocycles. The summed E-state index contributed by atoms with van der Waals surface area (Å²) in [4.78, 5) is 53.6. The lowest BCUT2D eigenvalue weighted by atomic mass is 9.84. The standard InChI is InChI=1S/C26H36N4O4/c1-3-4-5-15-29(18-11-9-17(10-12-18)24(32)27-2)21-8-6-7-19-20(21)16-30(26(19)34)22-13-14-23(31)28-25(22)33/h6-8,17-18,22H,3-5,9-16H2,1-2H3,(H,27,32)(H,28,31,33). The molecule has 2 heterocycles. The van der Waals surface area contributed by atoms with Crippen molar-refractivity contribution in [3.05, 3.63) is 29.3 Å². The van der Waals surface area contributed by atoms with Crippen LogP contribution in [0.25, 0.3) is 0 Å². The van der Waals surface area contributed by atoms with Crippen LogP contribution in [0.15, 0.2) is 18.2 Å². The molecule has 4 amide bonds. The first kappa shape index (κ1) is 24.2. The number of rotatable bonds is 8. The Morgan fingerprint density at radius 2 is 1.88 bits per heavy atom. The first-order valence-electron chi connectivity index (χ1n) is 12.7. The van der Waals surface area contributed by atoms with Crippen molar-refractivity contribution >= 4 is 29.3 Å². The maximum atomic E-state index is 13.3. The zero-order valence-corrected chi connectivity index (χ0v) is 20.3. The third-order valence-electron chi connectivity index (χ3n) is 7.62. The van der Waals surface area contributed by atoms with E-state index in [9.17, 15) is 19.2 Å². The predicted octanol–water partition coefficient (Wildman–Crippen LogP) is 2.75. The smallest absolute Gasteiger partial charge is 0.255 e. The number of nitrogens with one attached hydrogen (secondary N) is 2. The molecule has 1 aliphatic carbocycles. The number of hydrogen-bond acceptors (Lipinski definition) is 5. The van der Waals surface area contributed by atoms with E-state index >= 15 is 0 Å². The first-order valence-corrected chi connectivity index (χ1v) is 12.7. The Balaban J connectivity index is 1.57. The fourth-order valence-electron chi connectivity index (χ4n) is 5.72. The Morgan fingerprint density at radius 1 is 1.12 bits per heavy atom. The van der Waals surface area contributed by atoms with Crippen molar-refractivity contribution in [3.8, 4) is 0 Å². The lowest BCUT2D eigenvalue weighted by Crippen LogP contribution is -2.52. The molecule has 8 nitrogen and oxygen atoms in total. The second-order valence-corrected chi connectivity index (χ2v) is 9.72. The summed E-state index contributed by atoms with van der Waals surface area (Å²) in [7, 11) is 1.70. The van der Waals surface area contributed by atoms with Crippen LogP contribution in [0.2, 0.25) is 0 Å². The number of piperidine rings is 1. The average molecular weight is 469 g/mol. The van der Waals surface area contributed by atoms with Gasteiger partial charge >= 0.3 is 0 Å². The largest absolute Gasteiger partial charge is 0.368 e. The highest BCUT2D eigenvalue weighted by Gasteiger charge is 2.41. The molecule has 1 saturated heterocycles. The van der Waals surface area contributed by atoms with E-state index in [1.165, 1.54) is 0 Å². The lowest BCUT2D eigenvalue weighted by molar-refractivity contribution is -0.137. The number of carbonyl (C=O) groups excluding carboxylic acids is 4. The van der Waals surface area contributed by atoms with Crippen molar-refractivity contribution in [2.75, 3.05) is 18.5 Å². The second-order valence-electron chi connectivity index (χ2n) is 9.72. The van der Waals surface area contributed by atoms with Gasteiger partial charge in [-0.2, -0.15) is 0 Å². The molecular formula is C26H36N4O4. The molecule has 1 unspecified atom stereocenters. The van der Waals surface area contributed by atoms with Gasteiger partial charge in [-0.1, -0.05) is 25.8 Å². The van der Waals surface area contributed by atoms with Crippen LogP contribution in [0.4, 0.5) is 5.69 Å². The van der Waals surface area contributed by atoms with Gasteiger partial charge in [-0.25, -0.2) is 0 Å². The minimum absolute atomic E-state index is 0.0739. The number of hydrogen-bond donors (Lipinski definition) is 2. The van der Waals surface area contributed by atoms with Gasteiger partial charge in [-0.15, -0.1) is 0 Å². The highest BCUT2D eigenvalue weighted by molar-refractivity contribution is 6.06. The molecule has 0 aromatic heterocycles. The summed E-state index contributed by atoms with van der Waals surface area (Å²) in [5.74, 6) is -0.595. The summed E-state index contributed by atoms with van der Waals surface area (Å²) >= 11 is 0. The number of nitrogens with zero attached hydrogens (tertiary/aromatic N) is 2. The number of fused-ring (bicyclic) bond motifs is 1. The monoisotopic (exact) mass is 468 g/mol. The molecule has 1 aromatic carbocycles. The average Bonchev–Trinajstić information content (AvgIpc) is 3.18. The van der Waals surface area contributed by atoms with Gasteiger partial charge in [-0.05, 0) is 50.7 Å². The van der Waals surface area contributed by atoms with Crippen LogP contribution in [-0.4, -0.2) is 54.2 Å². The molecule has 2 aliphatic heterocycles. The topological polar surface area (TPSA) is 98.8 Å². The van der Waals surface area contributed by atoms with Crippen LogP contribution in [0.1, 0.15) is 80.6 Å². The molecule has 2 N–H and O–H groups in total. The SMILES string of the molecule is CCCCCN(c1cccc2c1CN(C1CCC(=O)NC1=O)C2=O)C1CCC(C(=O)NC)CC1. The van der Waals surface area contributed by atoms with E-state index in [0.29, 0.717) is 24.6 Å². The van der Waals surface area contributed by atoms with Gasteiger partial charge in [0.1, 0.15) is 6.04 Å². The Hall–Kier alpha value is -2.90. The van der Waals surface area contributed by atoms with Gasteiger partial charge in [0.25, 0.3) is 5.91 Å². The number of amides is 4. The molecule has 8 heteroatoms. The highest BCUT2D eigenvalue weighted by atomic mass is 16.2. The van der Waals surface area contributed by atoms with Crippen LogP contribution < -0.4 is 15.5 Å². The van der Waals surface area contributed by atoms with E-state index < -0.39 is 6.04 Å². The minimum Gasteiger partial charge on any atom is -0.368 e. The summed E-state index contributed by atoms with van der Waals surface area (Å²) in [6, 6.07) is 5.59. The van der Waals surface area contributed by atoms with Crippen molar-refractivity contribution in [3.63, 3.8) is 0 Å². The minimum atomic E-state index is -0.609. The van der Waals surface area contributed by atoms with Crippen molar-refractivity contribution < 1.29 is 19.2 Å². The van der Waals surface area contributed by atoms with Gasteiger partial charge in [-0.3, -0.25) is 24.5 Å². The first-order chi connectivity index (χ1) is 16.4. The molecule has 184 valence electrons. The van der Waals surface area contributed by atoms with Crippen molar-refractivity contribution in [2.45, 2.75) is 83.3 Å². The molecule has 4 rings (SSSR count). The maximum Gasteiger partial charge on any atom is 0.255 e. The van der Waals surface area contributed by atoms with E-state index in [1.54, 1.807) is 11.9 Å². The molecular weight excluding hydrogens is 432 g/mol. The maximum absolute atomic E-state index is 13.3. The molecule has 0 radical (unpaired) electrons. The summed E-state index contributed by atoms with van der Waals surface area (Å²) in [5.41, 5.74) is 2.70. The van der Waals surface area contributed by atoms with Gasteiger partial charge in [0.2, 0.25) is 17.7 Å². The summed E-state index contributed by atoms with van der Waals surface area (Å²) < 4.78 is 0. The van der Waals surface area contributed by atoms with Gasteiger partial charge in [0, 0.05) is 55.3 Å². The zero-order valence-electron chi connectivity index (χ0n) is 20.3. The fraction of sp³-hybridized carbons (Fsp3) is 0.615. The zero-order chi connectivity index (χ0) is 24.2. The van der Waals surface area contributed by atoms with Crippen molar-refractivity contribution in [1.29, 1.82) is 0 Å². The molecule has 0 bridgehead atoms. The second kappa shape index (κ2) is 10.6. The van der Waals surface area contributed by atoms with Gasteiger partial charge < -0.3 is 15.1 Å². The number of benzene rings is 1. The third-order valence-corrected chi connectivity index (χ3v) is 7.62. The van der Waals surface area contributed by atoms with E-state index in [0.717, 1.165) is 62.7 Å². The lowest BCUT2D eigenvalue weighted by Gasteiger charge is -2.39. The van der Waals surface area contributed by atoms with Crippen molar-refractivity contribution in [2.24, 2.45) is 5.92 Å². The molecule has 0 spiro atoms. The Labute approximate surface area is 201 Å². The number of anilines is 1. The predicted molar refractivity (Wildman–Crippen MR) is 129 cm³/mol. The normalized spacial score (nSPS) is 24.6. The van der Waals surface area contributed by atoms with E-state index in [-0.39, 0.29) is 36.0 Å². The summed E-state index contributed by atoms with van der Waals surface area (Å²) in [5, 5.41) is 5.16.